The van der Waals surface area contributed by atoms with Crippen LogP contribution in [0.3, 0.4) is 0 Å². The second kappa shape index (κ2) is 17.7. The van der Waals surface area contributed by atoms with E-state index in [1.807, 2.05) is 59.8 Å². The van der Waals surface area contributed by atoms with E-state index in [-0.39, 0.29) is 24.0 Å². The molecular formula is C38H57N3O3. The molecule has 2 fully saturated rings. The summed E-state index contributed by atoms with van der Waals surface area (Å²) in [5, 5.41) is 6.75. The highest BCUT2D eigenvalue weighted by atomic mass is 16.6. The van der Waals surface area contributed by atoms with Gasteiger partial charge in [-0.25, -0.2) is 4.79 Å². The second-order valence-electron chi connectivity index (χ2n) is 12.3. The third-order valence-electron chi connectivity index (χ3n) is 7.83. The van der Waals surface area contributed by atoms with E-state index in [1.165, 1.54) is 24.0 Å². The van der Waals surface area contributed by atoms with Crippen molar-refractivity contribution in [1.82, 2.24) is 10.2 Å². The molecule has 2 amide bonds. The molecule has 1 aliphatic carbocycles. The highest BCUT2D eigenvalue weighted by Gasteiger charge is 2.41. The Bertz CT molecular complexity index is 1230. The topological polar surface area (TPSA) is 70.7 Å². The maximum Gasteiger partial charge on any atom is 0.410 e. The van der Waals surface area contributed by atoms with Crippen molar-refractivity contribution in [3.8, 4) is 0 Å². The van der Waals surface area contributed by atoms with E-state index in [9.17, 15) is 9.59 Å². The number of hydrogen-bond acceptors (Lipinski definition) is 4. The molecule has 4 rings (SSSR count). The molecule has 1 saturated heterocycles. The first-order chi connectivity index (χ1) is 21.0. The van der Waals surface area contributed by atoms with Gasteiger partial charge in [0.25, 0.3) is 0 Å². The number of nitrogens with zero attached hydrogens (tertiary/aromatic N) is 1. The van der Waals surface area contributed by atoms with Crippen molar-refractivity contribution in [2.75, 3.05) is 18.4 Å². The highest BCUT2D eigenvalue weighted by Crippen LogP contribution is 2.41. The number of fused-ring (bicyclic) bond motifs is 1. The third kappa shape index (κ3) is 10.6. The van der Waals surface area contributed by atoms with E-state index in [1.54, 1.807) is 11.0 Å². The maximum absolute atomic E-state index is 13.2. The van der Waals surface area contributed by atoms with Crippen LogP contribution in [0, 0.1) is 5.92 Å². The molecule has 0 spiro atoms. The second-order valence-corrected chi connectivity index (χ2v) is 12.3. The fourth-order valence-corrected chi connectivity index (χ4v) is 5.39. The first kappa shape index (κ1) is 36.7. The number of nitrogens with one attached hydrogen (secondary N) is 2. The molecule has 242 valence electrons. The van der Waals surface area contributed by atoms with Crippen LogP contribution in [0.5, 0.6) is 0 Å². The van der Waals surface area contributed by atoms with Crippen LogP contribution in [-0.2, 0) is 9.53 Å². The number of rotatable bonds is 7. The van der Waals surface area contributed by atoms with Gasteiger partial charge in [-0.05, 0) is 95.1 Å². The molecule has 2 unspecified atom stereocenters. The van der Waals surface area contributed by atoms with E-state index in [4.69, 9.17) is 4.74 Å². The standard InChI is InChI=1S/C28H39N3O3.C8H12.C2H6/c1-7-17(2)24-18(3)26(32)29-16-23-25(24)22(14-15-31(23)27(33)34-28(4,5)6)30-21-12-10-20(11-13-21)19-8-9-19;1-3-5-7-8-6-4-2;1-2/h10-13,18-19,23,30H,7-9,14-16H2,1-6H3,(H,29,32);3,5-8H,1,4H2,2H3;1-2H3/b;7-5-,8-6-;. The molecular weight excluding hydrogens is 546 g/mol. The van der Waals surface area contributed by atoms with E-state index in [2.05, 4.69) is 68.3 Å². The molecule has 1 saturated carbocycles. The van der Waals surface area contributed by atoms with Crippen molar-refractivity contribution >= 4 is 17.7 Å². The fourth-order valence-electron chi connectivity index (χ4n) is 5.39. The molecule has 1 aromatic rings. The predicted octanol–water partition coefficient (Wildman–Crippen LogP) is 9.45. The maximum atomic E-state index is 13.2. The van der Waals surface area contributed by atoms with Crippen molar-refractivity contribution in [2.24, 2.45) is 5.92 Å². The highest BCUT2D eigenvalue weighted by molar-refractivity contribution is 5.85. The van der Waals surface area contributed by atoms with Crippen molar-refractivity contribution in [3.05, 3.63) is 89.2 Å². The number of benzene rings is 1. The van der Waals surface area contributed by atoms with Gasteiger partial charge in [-0.15, -0.1) is 0 Å². The molecule has 3 aliphatic rings. The summed E-state index contributed by atoms with van der Waals surface area (Å²) in [6.07, 6.45) is 14.6. The number of hydrogen-bond donors (Lipinski definition) is 2. The molecule has 6 heteroatoms. The van der Waals surface area contributed by atoms with Crippen LogP contribution in [0.2, 0.25) is 0 Å². The Balaban J connectivity index is 0.000000588. The Labute approximate surface area is 267 Å². The number of carbonyl (C=O) groups is 2. The van der Waals surface area contributed by atoms with Gasteiger partial charge in [0.2, 0.25) is 5.91 Å². The number of amides is 2. The smallest absolute Gasteiger partial charge is 0.410 e. The average Bonchev–Trinajstić information content (AvgIpc) is 3.86. The Hall–Kier alpha value is -3.54. The lowest BCUT2D eigenvalue weighted by Crippen LogP contribution is -2.51. The van der Waals surface area contributed by atoms with Crippen molar-refractivity contribution < 1.29 is 14.3 Å². The van der Waals surface area contributed by atoms with Crippen LogP contribution >= 0.6 is 0 Å². The summed E-state index contributed by atoms with van der Waals surface area (Å²) in [7, 11) is 0. The first-order valence-corrected chi connectivity index (χ1v) is 16.5. The zero-order chi connectivity index (χ0) is 32.9. The predicted molar refractivity (Wildman–Crippen MR) is 186 cm³/mol. The van der Waals surface area contributed by atoms with Crippen LogP contribution in [0.1, 0.15) is 106 Å². The normalized spacial score (nSPS) is 21.3. The SMILES string of the molecule is C=C/C=C\C=C/CC.CC.CCC(C)=C1C2=C(Nc3ccc(C4CC4)cc3)CCN(C(=O)OC(C)(C)C)C2CNC(=O)C1C. The molecule has 2 aliphatic heterocycles. The molecule has 2 atom stereocenters. The Morgan fingerprint density at radius 2 is 1.77 bits per heavy atom. The number of anilines is 1. The average molecular weight is 604 g/mol. The lowest BCUT2D eigenvalue weighted by Gasteiger charge is -2.40. The quantitative estimate of drug-likeness (QED) is 0.305. The van der Waals surface area contributed by atoms with Gasteiger partial charge in [0.1, 0.15) is 5.60 Å². The van der Waals surface area contributed by atoms with Gasteiger partial charge in [-0.3, -0.25) is 9.69 Å². The summed E-state index contributed by atoms with van der Waals surface area (Å²) in [4.78, 5) is 27.9. The molecule has 0 aromatic heterocycles. The van der Waals surface area contributed by atoms with Gasteiger partial charge in [-0.1, -0.05) is 82.4 Å². The van der Waals surface area contributed by atoms with Crippen molar-refractivity contribution in [1.29, 1.82) is 0 Å². The number of allylic oxidation sites excluding steroid dienone is 6. The van der Waals surface area contributed by atoms with E-state index < -0.39 is 5.60 Å². The van der Waals surface area contributed by atoms with Gasteiger partial charge >= 0.3 is 6.09 Å². The Kier molecular flexibility index (Phi) is 14.7. The van der Waals surface area contributed by atoms with E-state index in [0.717, 1.165) is 41.3 Å². The zero-order valence-corrected chi connectivity index (χ0v) is 28.8. The Morgan fingerprint density at radius 3 is 2.32 bits per heavy atom. The minimum atomic E-state index is -0.581. The summed E-state index contributed by atoms with van der Waals surface area (Å²) in [6, 6.07) is 8.45. The van der Waals surface area contributed by atoms with Crippen LogP contribution in [-0.4, -0.2) is 41.6 Å². The minimum Gasteiger partial charge on any atom is -0.444 e. The lowest BCUT2D eigenvalue weighted by atomic mass is 9.82. The van der Waals surface area contributed by atoms with Crippen molar-refractivity contribution in [3.63, 3.8) is 0 Å². The molecule has 0 radical (unpaired) electrons. The van der Waals surface area contributed by atoms with Gasteiger partial charge in [0.05, 0.1) is 12.0 Å². The summed E-state index contributed by atoms with van der Waals surface area (Å²) >= 11 is 0. The van der Waals surface area contributed by atoms with Crippen LogP contribution < -0.4 is 10.6 Å². The van der Waals surface area contributed by atoms with Gasteiger partial charge in [0.15, 0.2) is 0 Å². The minimum absolute atomic E-state index is 0.00183. The van der Waals surface area contributed by atoms with E-state index >= 15 is 0 Å². The summed E-state index contributed by atoms with van der Waals surface area (Å²) in [5.74, 6) is 0.439. The molecule has 0 bridgehead atoms. The summed E-state index contributed by atoms with van der Waals surface area (Å²) in [5.41, 5.74) is 6.25. The third-order valence-corrected chi connectivity index (χ3v) is 7.83. The van der Waals surface area contributed by atoms with Crippen molar-refractivity contribution in [2.45, 2.75) is 112 Å². The molecule has 44 heavy (non-hydrogen) atoms. The largest absolute Gasteiger partial charge is 0.444 e. The number of ether oxygens (including phenoxy) is 1. The van der Waals surface area contributed by atoms with Gasteiger partial charge in [-0.2, -0.15) is 0 Å². The van der Waals surface area contributed by atoms with E-state index in [0.29, 0.717) is 19.5 Å². The zero-order valence-electron chi connectivity index (χ0n) is 28.8. The number of carbonyl (C=O) groups excluding carboxylic acids is 2. The van der Waals surface area contributed by atoms with Crippen LogP contribution in [0.15, 0.2) is 83.6 Å². The summed E-state index contributed by atoms with van der Waals surface area (Å²) in [6.45, 7) is 22.4. The first-order valence-electron chi connectivity index (χ1n) is 16.5. The molecule has 6 nitrogen and oxygen atoms in total. The molecule has 2 heterocycles. The lowest BCUT2D eigenvalue weighted by molar-refractivity contribution is -0.123. The van der Waals surface area contributed by atoms with Crippen LogP contribution in [0.4, 0.5) is 10.5 Å². The fraction of sp³-hybridized carbons (Fsp3) is 0.526. The molecule has 1 aromatic carbocycles. The van der Waals surface area contributed by atoms with Gasteiger partial charge < -0.3 is 15.4 Å². The summed E-state index contributed by atoms with van der Waals surface area (Å²) < 4.78 is 5.75. The van der Waals surface area contributed by atoms with Gasteiger partial charge in [0, 0.05) is 30.9 Å². The molecule has 2 N–H and O–H groups in total. The Morgan fingerprint density at radius 1 is 1.11 bits per heavy atom. The van der Waals surface area contributed by atoms with Crippen LogP contribution in [0.25, 0.3) is 0 Å². The monoisotopic (exact) mass is 603 g/mol.